The van der Waals surface area contributed by atoms with Gasteiger partial charge < -0.3 is 10.4 Å². The minimum absolute atomic E-state index is 0.270. The number of carbonyl (C=O) groups excluding carboxylic acids is 1. The third kappa shape index (κ3) is 2.06. The van der Waals surface area contributed by atoms with Crippen LogP contribution in [-0.4, -0.2) is 22.4 Å². The van der Waals surface area contributed by atoms with Crippen molar-refractivity contribution in [2.75, 3.05) is 5.32 Å². The number of benzene rings is 1. The topological polar surface area (TPSA) is 66.4 Å². The van der Waals surface area contributed by atoms with Crippen molar-refractivity contribution < 1.29 is 14.7 Å². The van der Waals surface area contributed by atoms with E-state index < -0.39 is 17.3 Å². The molecule has 1 unspecified atom stereocenters. The number of nitrogens with one attached hydrogen (secondary N) is 1. The number of carbonyl (C=O) groups is 2. The number of carboxylic acid groups (broad SMARTS) is 1. The van der Waals surface area contributed by atoms with Crippen LogP contribution in [0.5, 0.6) is 0 Å². The van der Waals surface area contributed by atoms with E-state index in [0.717, 1.165) is 0 Å². The van der Waals surface area contributed by atoms with Crippen LogP contribution in [0.3, 0.4) is 0 Å². The second-order valence-electron chi connectivity index (χ2n) is 4.01. The van der Waals surface area contributed by atoms with Gasteiger partial charge >= 0.3 is 5.97 Å². The number of aliphatic carboxylic acids is 1. The SMILES string of the molecule is O=C(O)C1(Nc2ccccc2)CCC=CC1=O. The summed E-state index contributed by atoms with van der Waals surface area (Å²) in [6.45, 7) is 0. The Labute approximate surface area is 99.0 Å². The second kappa shape index (κ2) is 4.41. The van der Waals surface area contributed by atoms with Crippen LogP contribution in [0.1, 0.15) is 12.8 Å². The standard InChI is InChI=1S/C13H13NO3/c15-11-8-4-5-9-13(11,12(16)17)14-10-6-2-1-3-7-10/h1-4,6-8,14H,5,9H2,(H,16,17). The van der Waals surface area contributed by atoms with E-state index in [1.165, 1.54) is 6.08 Å². The van der Waals surface area contributed by atoms with Gasteiger partial charge in [0.2, 0.25) is 0 Å². The highest BCUT2D eigenvalue weighted by atomic mass is 16.4. The molecule has 1 atom stereocenters. The van der Waals surface area contributed by atoms with Gasteiger partial charge in [0.25, 0.3) is 0 Å². The summed E-state index contributed by atoms with van der Waals surface area (Å²) in [7, 11) is 0. The van der Waals surface area contributed by atoms with E-state index in [1.54, 1.807) is 30.3 Å². The maximum atomic E-state index is 11.8. The number of ketones is 1. The predicted molar refractivity (Wildman–Crippen MR) is 63.8 cm³/mol. The molecule has 0 aromatic heterocycles. The molecule has 4 heteroatoms. The van der Waals surface area contributed by atoms with E-state index in [9.17, 15) is 14.7 Å². The summed E-state index contributed by atoms with van der Waals surface area (Å²) in [6.07, 6.45) is 3.90. The van der Waals surface area contributed by atoms with Crippen LogP contribution in [0.25, 0.3) is 0 Å². The zero-order valence-corrected chi connectivity index (χ0v) is 9.22. The summed E-state index contributed by atoms with van der Waals surface area (Å²) >= 11 is 0. The van der Waals surface area contributed by atoms with Gasteiger partial charge in [0.1, 0.15) is 0 Å². The fraction of sp³-hybridized carbons (Fsp3) is 0.231. The van der Waals surface area contributed by atoms with Crippen LogP contribution >= 0.6 is 0 Å². The average molecular weight is 231 g/mol. The predicted octanol–water partition coefficient (Wildman–Crippen LogP) is 1.84. The fourth-order valence-electron chi connectivity index (χ4n) is 1.91. The lowest BCUT2D eigenvalue weighted by Gasteiger charge is -2.30. The molecule has 2 rings (SSSR count). The van der Waals surface area contributed by atoms with Crippen molar-refractivity contribution in [2.45, 2.75) is 18.4 Å². The van der Waals surface area contributed by atoms with E-state index in [1.807, 2.05) is 6.07 Å². The molecular formula is C13H13NO3. The van der Waals surface area contributed by atoms with Crippen LogP contribution in [0.2, 0.25) is 0 Å². The van der Waals surface area contributed by atoms with Crippen molar-refractivity contribution in [1.29, 1.82) is 0 Å². The van der Waals surface area contributed by atoms with Crippen LogP contribution in [-0.2, 0) is 9.59 Å². The van der Waals surface area contributed by atoms with Crippen molar-refractivity contribution in [1.82, 2.24) is 0 Å². The number of carboxylic acids is 1. The van der Waals surface area contributed by atoms with Crippen LogP contribution in [0, 0.1) is 0 Å². The molecule has 0 saturated heterocycles. The molecular weight excluding hydrogens is 218 g/mol. The molecule has 17 heavy (non-hydrogen) atoms. The van der Waals surface area contributed by atoms with Gasteiger partial charge in [0, 0.05) is 5.69 Å². The summed E-state index contributed by atoms with van der Waals surface area (Å²) in [5.41, 5.74) is -0.880. The van der Waals surface area contributed by atoms with Crippen molar-refractivity contribution in [2.24, 2.45) is 0 Å². The molecule has 0 heterocycles. The third-order valence-electron chi connectivity index (χ3n) is 2.87. The molecule has 0 aliphatic heterocycles. The van der Waals surface area contributed by atoms with Gasteiger partial charge in [-0.2, -0.15) is 0 Å². The molecule has 88 valence electrons. The summed E-state index contributed by atoms with van der Waals surface area (Å²) in [4.78, 5) is 23.2. The van der Waals surface area contributed by atoms with Crippen molar-refractivity contribution in [3.63, 3.8) is 0 Å². The number of rotatable bonds is 3. The molecule has 1 aliphatic carbocycles. The maximum absolute atomic E-state index is 11.8. The molecule has 0 amide bonds. The Balaban J connectivity index is 2.33. The molecule has 0 spiro atoms. The highest BCUT2D eigenvalue weighted by Crippen LogP contribution is 2.26. The summed E-state index contributed by atoms with van der Waals surface area (Å²) in [6, 6.07) is 8.91. The van der Waals surface area contributed by atoms with Gasteiger partial charge in [0.15, 0.2) is 11.3 Å². The first-order chi connectivity index (χ1) is 8.15. The summed E-state index contributed by atoms with van der Waals surface area (Å²) in [5.74, 6) is -1.53. The first kappa shape index (κ1) is 11.4. The van der Waals surface area contributed by atoms with E-state index >= 15 is 0 Å². The molecule has 1 aromatic rings. The highest BCUT2D eigenvalue weighted by Gasteiger charge is 2.45. The molecule has 1 aromatic carbocycles. The lowest BCUT2D eigenvalue weighted by Crippen LogP contribution is -2.53. The Morgan fingerprint density at radius 3 is 2.59 bits per heavy atom. The Hall–Kier alpha value is -2.10. The molecule has 0 bridgehead atoms. The van der Waals surface area contributed by atoms with Crippen LogP contribution < -0.4 is 5.32 Å². The first-order valence-corrected chi connectivity index (χ1v) is 5.43. The van der Waals surface area contributed by atoms with E-state index in [-0.39, 0.29) is 6.42 Å². The average Bonchev–Trinajstić information content (AvgIpc) is 2.33. The quantitative estimate of drug-likeness (QED) is 0.779. The van der Waals surface area contributed by atoms with Gasteiger partial charge in [0.05, 0.1) is 0 Å². The molecule has 0 radical (unpaired) electrons. The maximum Gasteiger partial charge on any atom is 0.337 e. The van der Waals surface area contributed by atoms with Crippen molar-refractivity contribution in [3.8, 4) is 0 Å². The Morgan fingerprint density at radius 1 is 1.29 bits per heavy atom. The second-order valence-corrected chi connectivity index (χ2v) is 4.01. The lowest BCUT2D eigenvalue weighted by atomic mass is 9.84. The minimum Gasteiger partial charge on any atom is -0.479 e. The largest absolute Gasteiger partial charge is 0.479 e. The minimum atomic E-state index is -1.52. The van der Waals surface area contributed by atoms with Gasteiger partial charge in [-0.25, -0.2) is 4.79 Å². The normalized spacial score (nSPS) is 23.4. The molecule has 1 aliphatic rings. The third-order valence-corrected chi connectivity index (χ3v) is 2.87. The highest BCUT2D eigenvalue weighted by molar-refractivity contribution is 6.15. The lowest BCUT2D eigenvalue weighted by molar-refractivity contribution is -0.146. The zero-order chi connectivity index (χ0) is 12.3. The number of anilines is 1. The van der Waals surface area contributed by atoms with Gasteiger partial charge in [-0.3, -0.25) is 4.79 Å². The molecule has 2 N–H and O–H groups in total. The smallest absolute Gasteiger partial charge is 0.337 e. The number of allylic oxidation sites excluding steroid dienone is 1. The summed E-state index contributed by atoms with van der Waals surface area (Å²) < 4.78 is 0. The molecule has 0 saturated carbocycles. The summed E-state index contributed by atoms with van der Waals surface area (Å²) in [5, 5.41) is 12.1. The Morgan fingerprint density at radius 2 is 2.00 bits per heavy atom. The van der Waals surface area contributed by atoms with Crippen LogP contribution in [0.15, 0.2) is 42.5 Å². The number of para-hydroxylation sites is 1. The van der Waals surface area contributed by atoms with Crippen LogP contribution in [0.4, 0.5) is 5.69 Å². The van der Waals surface area contributed by atoms with Crippen molar-refractivity contribution in [3.05, 3.63) is 42.5 Å². The van der Waals surface area contributed by atoms with Gasteiger partial charge in [-0.05, 0) is 31.1 Å². The number of hydrogen-bond acceptors (Lipinski definition) is 3. The zero-order valence-electron chi connectivity index (χ0n) is 9.22. The molecule has 4 nitrogen and oxygen atoms in total. The van der Waals surface area contributed by atoms with Gasteiger partial charge in [-0.15, -0.1) is 0 Å². The van der Waals surface area contributed by atoms with E-state index in [0.29, 0.717) is 12.1 Å². The van der Waals surface area contributed by atoms with E-state index in [4.69, 9.17) is 0 Å². The van der Waals surface area contributed by atoms with Gasteiger partial charge in [-0.1, -0.05) is 24.3 Å². The monoisotopic (exact) mass is 231 g/mol. The first-order valence-electron chi connectivity index (χ1n) is 5.43. The Kier molecular flexibility index (Phi) is 2.95. The van der Waals surface area contributed by atoms with Crippen molar-refractivity contribution >= 4 is 17.4 Å². The molecule has 0 fully saturated rings. The number of hydrogen-bond donors (Lipinski definition) is 2. The fourth-order valence-corrected chi connectivity index (χ4v) is 1.91. The van der Waals surface area contributed by atoms with E-state index in [2.05, 4.69) is 5.32 Å². The Bertz CT molecular complexity index is 467.